The zero-order chi connectivity index (χ0) is 20.3. The standard InChI is InChI=1S/C18H17N5O5/c1-11-13(6-3-7-15(11)23(26)27)17(24)21-14-10-20-22(2)16(14)18(25)19-9-12-5-4-8-28-12/h3-8,10H,9H2,1-2H3,(H,19,25)(H,21,24). The predicted octanol–water partition coefficient (Wildman–Crippen LogP) is 2.41. The number of hydrogen-bond acceptors (Lipinski definition) is 6. The van der Waals surface area contributed by atoms with Gasteiger partial charge in [0.25, 0.3) is 17.5 Å². The smallest absolute Gasteiger partial charge is 0.273 e. The molecule has 2 heterocycles. The summed E-state index contributed by atoms with van der Waals surface area (Å²) in [7, 11) is 1.57. The van der Waals surface area contributed by atoms with Gasteiger partial charge < -0.3 is 15.1 Å². The first kappa shape index (κ1) is 18.8. The monoisotopic (exact) mass is 383 g/mol. The Morgan fingerprint density at radius 2 is 2.04 bits per heavy atom. The van der Waals surface area contributed by atoms with Gasteiger partial charge in [0.2, 0.25) is 0 Å². The molecule has 0 radical (unpaired) electrons. The van der Waals surface area contributed by atoms with Crippen molar-refractivity contribution >= 4 is 23.2 Å². The number of furan rings is 1. The average Bonchev–Trinajstić information content (AvgIpc) is 3.29. The van der Waals surface area contributed by atoms with Crippen molar-refractivity contribution < 1.29 is 18.9 Å². The molecule has 2 N–H and O–H groups in total. The van der Waals surface area contributed by atoms with Gasteiger partial charge in [-0.05, 0) is 25.1 Å². The van der Waals surface area contributed by atoms with Crippen molar-refractivity contribution in [1.82, 2.24) is 15.1 Å². The molecule has 144 valence electrons. The van der Waals surface area contributed by atoms with Crippen LogP contribution in [0, 0.1) is 17.0 Å². The van der Waals surface area contributed by atoms with E-state index in [2.05, 4.69) is 15.7 Å². The lowest BCUT2D eigenvalue weighted by Crippen LogP contribution is -2.26. The number of nitrogens with one attached hydrogen (secondary N) is 2. The second-order valence-electron chi connectivity index (χ2n) is 5.95. The molecule has 0 atom stereocenters. The van der Waals surface area contributed by atoms with Crippen molar-refractivity contribution in [2.75, 3.05) is 5.32 Å². The molecule has 0 unspecified atom stereocenters. The second-order valence-corrected chi connectivity index (χ2v) is 5.95. The van der Waals surface area contributed by atoms with Crippen LogP contribution in [-0.2, 0) is 13.6 Å². The van der Waals surface area contributed by atoms with Crippen LogP contribution in [0.2, 0.25) is 0 Å². The number of amides is 2. The molecule has 3 aromatic rings. The summed E-state index contributed by atoms with van der Waals surface area (Å²) in [6.07, 6.45) is 2.84. The Hall–Kier alpha value is -3.95. The SMILES string of the molecule is Cc1c(C(=O)Nc2cnn(C)c2C(=O)NCc2ccco2)cccc1[N+](=O)[O-]. The summed E-state index contributed by atoms with van der Waals surface area (Å²) < 4.78 is 6.49. The van der Waals surface area contributed by atoms with E-state index in [1.165, 1.54) is 42.3 Å². The molecule has 2 amide bonds. The van der Waals surface area contributed by atoms with E-state index < -0.39 is 16.7 Å². The molecule has 0 saturated carbocycles. The van der Waals surface area contributed by atoms with Crippen LogP contribution in [0.25, 0.3) is 0 Å². The Morgan fingerprint density at radius 1 is 1.25 bits per heavy atom. The first-order chi connectivity index (χ1) is 13.4. The van der Waals surface area contributed by atoms with Crippen molar-refractivity contribution in [3.8, 4) is 0 Å². The van der Waals surface area contributed by atoms with Gasteiger partial charge in [0.05, 0.1) is 29.6 Å². The van der Waals surface area contributed by atoms with E-state index in [9.17, 15) is 19.7 Å². The van der Waals surface area contributed by atoms with Crippen molar-refractivity contribution in [2.45, 2.75) is 13.5 Å². The molecule has 0 aliphatic carbocycles. The molecule has 3 rings (SSSR count). The van der Waals surface area contributed by atoms with Crippen LogP contribution in [0.4, 0.5) is 11.4 Å². The molecule has 0 aliphatic heterocycles. The van der Waals surface area contributed by atoms with E-state index in [1.807, 2.05) is 0 Å². The lowest BCUT2D eigenvalue weighted by Gasteiger charge is -2.09. The van der Waals surface area contributed by atoms with E-state index in [1.54, 1.807) is 19.2 Å². The molecular weight excluding hydrogens is 366 g/mol. The molecule has 0 spiro atoms. The van der Waals surface area contributed by atoms with Gasteiger partial charge >= 0.3 is 0 Å². The van der Waals surface area contributed by atoms with Gasteiger partial charge in [0, 0.05) is 24.2 Å². The molecule has 2 aromatic heterocycles. The van der Waals surface area contributed by atoms with E-state index in [-0.39, 0.29) is 34.7 Å². The Bertz CT molecular complexity index is 1040. The predicted molar refractivity (Wildman–Crippen MR) is 98.9 cm³/mol. The largest absolute Gasteiger partial charge is 0.467 e. The summed E-state index contributed by atoms with van der Waals surface area (Å²) >= 11 is 0. The Labute approximate surface area is 159 Å². The normalized spacial score (nSPS) is 10.5. The number of hydrogen-bond donors (Lipinski definition) is 2. The number of nitro benzene ring substituents is 1. The van der Waals surface area contributed by atoms with Crippen molar-refractivity contribution in [2.24, 2.45) is 7.05 Å². The quantitative estimate of drug-likeness (QED) is 0.496. The summed E-state index contributed by atoms with van der Waals surface area (Å²) in [6.45, 7) is 1.67. The molecule has 0 bridgehead atoms. The lowest BCUT2D eigenvalue weighted by molar-refractivity contribution is -0.385. The molecule has 28 heavy (non-hydrogen) atoms. The van der Waals surface area contributed by atoms with Gasteiger partial charge in [0.15, 0.2) is 0 Å². The highest BCUT2D eigenvalue weighted by Crippen LogP contribution is 2.23. The number of carbonyl (C=O) groups excluding carboxylic acids is 2. The van der Waals surface area contributed by atoms with Crippen LogP contribution in [0.3, 0.4) is 0 Å². The topological polar surface area (TPSA) is 132 Å². The van der Waals surface area contributed by atoms with E-state index in [4.69, 9.17) is 4.42 Å². The number of aryl methyl sites for hydroxylation is 1. The molecule has 1 aromatic carbocycles. The molecular formula is C18H17N5O5. The van der Waals surface area contributed by atoms with Crippen molar-refractivity contribution in [3.63, 3.8) is 0 Å². The van der Waals surface area contributed by atoms with Gasteiger partial charge in [-0.25, -0.2) is 0 Å². The van der Waals surface area contributed by atoms with Gasteiger partial charge in [-0.1, -0.05) is 6.07 Å². The van der Waals surface area contributed by atoms with Gasteiger partial charge in [-0.15, -0.1) is 0 Å². The minimum absolute atomic E-state index is 0.139. The summed E-state index contributed by atoms with van der Waals surface area (Å²) in [5, 5.41) is 20.4. The Morgan fingerprint density at radius 3 is 2.71 bits per heavy atom. The van der Waals surface area contributed by atoms with E-state index >= 15 is 0 Å². The van der Waals surface area contributed by atoms with Gasteiger partial charge in [0.1, 0.15) is 11.5 Å². The highest BCUT2D eigenvalue weighted by Gasteiger charge is 2.22. The van der Waals surface area contributed by atoms with Crippen LogP contribution < -0.4 is 10.6 Å². The number of aromatic nitrogens is 2. The molecule has 0 aliphatic rings. The second kappa shape index (κ2) is 7.74. The number of benzene rings is 1. The first-order valence-corrected chi connectivity index (χ1v) is 8.26. The molecule has 10 heteroatoms. The lowest BCUT2D eigenvalue weighted by atomic mass is 10.1. The van der Waals surface area contributed by atoms with E-state index in [0.29, 0.717) is 5.76 Å². The van der Waals surface area contributed by atoms with Crippen molar-refractivity contribution in [3.05, 3.63) is 75.5 Å². The number of nitro groups is 1. The minimum atomic E-state index is -0.575. The number of carbonyl (C=O) groups is 2. The summed E-state index contributed by atoms with van der Waals surface area (Å²) in [5.41, 5.74) is 0.548. The maximum Gasteiger partial charge on any atom is 0.273 e. The third kappa shape index (κ3) is 3.75. The molecule has 0 fully saturated rings. The first-order valence-electron chi connectivity index (χ1n) is 8.26. The van der Waals surface area contributed by atoms with Crippen LogP contribution in [0.15, 0.2) is 47.2 Å². The highest BCUT2D eigenvalue weighted by atomic mass is 16.6. The molecule has 10 nitrogen and oxygen atoms in total. The summed E-state index contributed by atoms with van der Waals surface area (Å²) in [4.78, 5) is 35.7. The number of nitrogens with zero attached hydrogens (tertiary/aromatic N) is 3. The minimum Gasteiger partial charge on any atom is -0.467 e. The number of rotatable bonds is 6. The van der Waals surface area contributed by atoms with Gasteiger partial charge in [-0.3, -0.25) is 24.4 Å². The fraction of sp³-hybridized carbons (Fsp3) is 0.167. The maximum absolute atomic E-state index is 12.6. The maximum atomic E-state index is 12.6. The molecule has 0 saturated heterocycles. The zero-order valence-electron chi connectivity index (χ0n) is 15.1. The summed E-state index contributed by atoms with van der Waals surface area (Å²) in [5.74, 6) is -0.454. The van der Waals surface area contributed by atoms with Crippen LogP contribution in [0.5, 0.6) is 0 Å². The zero-order valence-corrected chi connectivity index (χ0v) is 15.1. The fourth-order valence-electron chi connectivity index (χ4n) is 2.72. The third-order valence-corrected chi connectivity index (χ3v) is 4.15. The Balaban J connectivity index is 1.80. The summed E-state index contributed by atoms with van der Waals surface area (Å²) in [6, 6.07) is 7.66. The van der Waals surface area contributed by atoms with Crippen LogP contribution in [0.1, 0.15) is 32.2 Å². The third-order valence-electron chi connectivity index (χ3n) is 4.15. The van der Waals surface area contributed by atoms with Gasteiger partial charge in [-0.2, -0.15) is 5.10 Å². The fourth-order valence-corrected chi connectivity index (χ4v) is 2.72. The van der Waals surface area contributed by atoms with Crippen LogP contribution in [-0.4, -0.2) is 26.5 Å². The van der Waals surface area contributed by atoms with Crippen molar-refractivity contribution in [1.29, 1.82) is 0 Å². The Kier molecular flexibility index (Phi) is 5.21. The van der Waals surface area contributed by atoms with Crippen LogP contribution >= 0.6 is 0 Å². The average molecular weight is 383 g/mol. The number of anilines is 1. The van der Waals surface area contributed by atoms with E-state index in [0.717, 1.165) is 0 Å². The highest BCUT2D eigenvalue weighted by molar-refractivity contribution is 6.09.